The molecule has 24 heavy (non-hydrogen) atoms. The Morgan fingerprint density at radius 2 is 1.75 bits per heavy atom. The number of carbonyl (C=O) groups excluding carboxylic acids is 1. The Hall–Kier alpha value is -0.830. The lowest BCUT2D eigenvalue weighted by molar-refractivity contribution is 0.0954. The second-order valence-corrected chi connectivity index (χ2v) is 6.66. The minimum absolute atomic E-state index is 0. The van der Waals surface area contributed by atoms with Gasteiger partial charge in [-0.15, -0.1) is 24.0 Å². The Kier molecular flexibility index (Phi) is 10.3. The lowest BCUT2D eigenvalue weighted by Gasteiger charge is -2.24. The number of hydrogen-bond donors (Lipinski definition) is 3. The maximum Gasteiger partial charge on any atom is 0.251 e. The van der Waals surface area contributed by atoms with Gasteiger partial charge in [0.1, 0.15) is 0 Å². The SMILES string of the molecule is CN=C(NCCNC(=O)c1ccc(Br)cc1)NC1CCCCC1.I. The largest absolute Gasteiger partial charge is 0.355 e. The summed E-state index contributed by atoms with van der Waals surface area (Å²) in [6, 6.07) is 7.85. The normalized spacial score (nSPS) is 15.3. The summed E-state index contributed by atoms with van der Waals surface area (Å²) in [4.78, 5) is 16.2. The number of aliphatic imine (C=N–C) groups is 1. The van der Waals surface area contributed by atoms with Crippen molar-refractivity contribution in [3.05, 3.63) is 34.3 Å². The Morgan fingerprint density at radius 1 is 1.12 bits per heavy atom. The fourth-order valence-corrected chi connectivity index (χ4v) is 2.96. The van der Waals surface area contributed by atoms with Crippen molar-refractivity contribution in [1.29, 1.82) is 0 Å². The first kappa shape index (κ1) is 21.2. The molecule has 134 valence electrons. The maximum atomic E-state index is 12.0. The average Bonchev–Trinajstić information content (AvgIpc) is 2.59. The van der Waals surface area contributed by atoms with E-state index in [2.05, 4.69) is 36.9 Å². The summed E-state index contributed by atoms with van der Waals surface area (Å²) < 4.78 is 0.966. The van der Waals surface area contributed by atoms with Crippen LogP contribution in [0.15, 0.2) is 33.7 Å². The van der Waals surface area contributed by atoms with E-state index in [0.717, 1.165) is 10.4 Å². The van der Waals surface area contributed by atoms with Crippen molar-refractivity contribution in [2.75, 3.05) is 20.1 Å². The number of carbonyl (C=O) groups is 1. The van der Waals surface area contributed by atoms with Crippen LogP contribution in [-0.2, 0) is 0 Å². The van der Waals surface area contributed by atoms with Crippen LogP contribution in [0.3, 0.4) is 0 Å². The summed E-state index contributed by atoms with van der Waals surface area (Å²) in [5.41, 5.74) is 0.665. The number of hydrogen-bond acceptors (Lipinski definition) is 2. The van der Waals surface area contributed by atoms with E-state index in [-0.39, 0.29) is 29.9 Å². The molecular weight excluding hydrogens is 483 g/mol. The smallest absolute Gasteiger partial charge is 0.251 e. The number of benzene rings is 1. The molecule has 1 aliphatic carbocycles. The van der Waals surface area contributed by atoms with Gasteiger partial charge < -0.3 is 16.0 Å². The minimum atomic E-state index is -0.0606. The van der Waals surface area contributed by atoms with Gasteiger partial charge in [-0.3, -0.25) is 9.79 Å². The van der Waals surface area contributed by atoms with Crippen LogP contribution in [0.5, 0.6) is 0 Å². The maximum absolute atomic E-state index is 12.0. The summed E-state index contributed by atoms with van der Waals surface area (Å²) >= 11 is 3.36. The van der Waals surface area contributed by atoms with Gasteiger partial charge in [0.25, 0.3) is 5.91 Å². The molecule has 2 rings (SSSR count). The Bertz CT molecular complexity index is 530. The van der Waals surface area contributed by atoms with Crippen molar-refractivity contribution in [3.8, 4) is 0 Å². The predicted molar refractivity (Wildman–Crippen MR) is 113 cm³/mol. The molecule has 0 bridgehead atoms. The highest BCUT2D eigenvalue weighted by Gasteiger charge is 2.14. The quantitative estimate of drug-likeness (QED) is 0.247. The van der Waals surface area contributed by atoms with E-state index >= 15 is 0 Å². The number of nitrogens with one attached hydrogen (secondary N) is 3. The summed E-state index contributed by atoms with van der Waals surface area (Å²) in [5.74, 6) is 0.754. The number of guanidine groups is 1. The molecule has 0 aromatic heterocycles. The molecule has 1 fully saturated rings. The van der Waals surface area contributed by atoms with Crippen molar-refractivity contribution < 1.29 is 4.79 Å². The Morgan fingerprint density at radius 3 is 2.38 bits per heavy atom. The van der Waals surface area contributed by atoms with Crippen molar-refractivity contribution in [3.63, 3.8) is 0 Å². The number of halogens is 2. The van der Waals surface area contributed by atoms with E-state index in [1.807, 2.05) is 12.1 Å². The van der Waals surface area contributed by atoms with Gasteiger partial charge in [-0.2, -0.15) is 0 Å². The lowest BCUT2D eigenvalue weighted by Crippen LogP contribution is -2.46. The van der Waals surface area contributed by atoms with Gasteiger partial charge in [-0.1, -0.05) is 35.2 Å². The van der Waals surface area contributed by atoms with E-state index in [9.17, 15) is 4.79 Å². The zero-order valence-electron chi connectivity index (χ0n) is 14.0. The second kappa shape index (κ2) is 11.7. The van der Waals surface area contributed by atoms with Gasteiger partial charge in [0.05, 0.1) is 0 Å². The molecule has 0 spiro atoms. The van der Waals surface area contributed by atoms with Crippen molar-refractivity contribution in [2.24, 2.45) is 4.99 Å². The molecule has 5 nitrogen and oxygen atoms in total. The Balaban J connectivity index is 0.00000288. The first-order valence-corrected chi connectivity index (χ1v) is 8.99. The van der Waals surface area contributed by atoms with Gasteiger partial charge >= 0.3 is 0 Å². The molecule has 0 heterocycles. The number of nitrogens with zero attached hydrogens (tertiary/aromatic N) is 1. The van der Waals surface area contributed by atoms with Crippen LogP contribution >= 0.6 is 39.9 Å². The van der Waals surface area contributed by atoms with Crippen LogP contribution in [0.4, 0.5) is 0 Å². The molecule has 1 aromatic carbocycles. The summed E-state index contributed by atoms with van der Waals surface area (Å²) in [7, 11) is 1.78. The number of amides is 1. The van der Waals surface area contributed by atoms with Crippen molar-refractivity contribution in [1.82, 2.24) is 16.0 Å². The average molecular weight is 509 g/mol. The predicted octanol–water partition coefficient (Wildman–Crippen LogP) is 3.29. The van der Waals surface area contributed by atoms with E-state index < -0.39 is 0 Å². The highest BCUT2D eigenvalue weighted by atomic mass is 127. The third-order valence-electron chi connectivity index (χ3n) is 3.98. The molecule has 1 aliphatic rings. The van der Waals surface area contributed by atoms with Gasteiger partial charge in [0.15, 0.2) is 5.96 Å². The molecular formula is C17H26BrIN4O. The van der Waals surface area contributed by atoms with E-state index in [1.54, 1.807) is 19.2 Å². The highest BCUT2D eigenvalue weighted by Crippen LogP contribution is 2.17. The van der Waals surface area contributed by atoms with Crippen LogP contribution < -0.4 is 16.0 Å². The van der Waals surface area contributed by atoms with Crippen LogP contribution in [0.2, 0.25) is 0 Å². The Labute approximate surface area is 169 Å². The molecule has 3 N–H and O–H groups in total. The fourth-order valence-electron chi connectivity index (χ4n) is 2.70. The summed E-state index contributed by atoms with van der Waals surface area (Å²) in [5, 5.41) is 9.60. The molecule has 0 saturated heterocycles. The van der Waals surface area contributed by atoms with Crippen LogP contribution in [0.1, 0.15) is 42.5 Å². The molecule has 1 aromatic rings. The van der Waals surface area contributed by atoms with E-state index in [1.165, 1.54) is 32.1 Å². The van der Waals surface area contributed by atoms with Gasteiger partial charge in [-0.25, -0.2) is 0 Å². The fraction of sp³-hybridized carbons (Fsp3) is 0.529. The van der Waals surface area contributed by atoms with Crippen molar-refractivity contribution in [2.45, 2.75) is 38.1 Å². The van der Waals surface area contributed by atoms with E-state index in [0.29, 0.717) is 24.7 Å². The van der Waals surface area contributed by atoms with Gasteiger partial charge in [0, 0.05) is 36.2 Å². The van der Waals surface area contributed by atoms with Gasteiger partial charge in [0.2, 0.25) is 0 Å². The topological polar surface area (TPSA) is 65.5 Å². The van der Waals surface area contributed by atoms with Crippen molar-refractivity contribution >= 4 is 51.8 Å². The standard InChI is InChI=1S/C17H25BrN4O.HI/c1-19-17(22-15-5-3-2-4-6-15)21-12-11-20-16(23)13-7-9-14(18)10-8-13;/h7-10,15H,2-6,11-12H2,1H3,(H,20,23)(H2,19,21,22);1H. The molecule has 0 aliphatic heterocycles. The van der Waals surface area contributed by atoms with Crippen LogP contribution in [0.25, 0.3) is 0 Å². The molecule has 0 atom stereocenters. The monoisotopic (exact) mass is 508 g/mol. The van der Waals surface area contributed by atoms with E-state index in [4.69, 9.17) is 0 Å². The highest BCUT2D eigenvalue weighted by molar-refractivity contribution is 14.0. The summed E-state index contributed by atoms with van der Waals surface area (Å²) in [6.07, 6.45) is 6.34. The third-order valence-corrected chi connectivity index (χ3v) is 4.51. The third kappa shape index (κ3) is 7.38. The first-order chi connectivity index (χ1) is 11.2. The zero-order chi connectivity index (χ0) is 16.5. The number of rotatable bonds is 5. The first-order valence-electron chi connectivity index (χ1n) is 8.20. The van der Waals surface area contributed by atoms with Gasteiger partial charge in [-0.05, 0) is 37.1 Å². The minimum Gasteiger partial charge on any atom is -0.355 e. The molecule has 1 amide bonds. The lowest BCUT2D eigenvalue weighted by atomic mass is 9.96. The van der Waals surface area contributed by atoms with Crippen LogP contribution in [0, 0.1) is 0 Å². The zero-order valence-corrected chi connectivity index (χ0v) is 17.9. The molecule has 1 saturated carbocycles. The summed E-state index contributed by atoms with van der Waals surface area (Å²) in [6.45, 7) is 1.20. The molecule has 0 radical (unpaired) electrons. The molecule has 0 unspecified atom stereocenters. The second-order valence-electron chi connectivity index (χ2n) is 5.74. The van der Waals surface area contributed by atoms with Crippen LogP contribution in [-0.4, -0.2) is 38.0 Å². The molecule has 7 heteroatoms.